The average molecular weight is 283 g/mol. The summed E-state index contributed by atoms with van der Waals surface area (Å²) in [6.07, 6.45) is 2.48. The van der Waals surface area contributed by atoms with Gasteiger partial charge in [0.2, 0.25) is 0 Å². The number of rotatable bonds is 5. The lowest BCUT2D eigenvalue weighted by Crippen LogP contribution is -2.47. The van der Waals surface area contributed by atoms with E-state index in [1.165, 1.54) is 0 Å². The number of carbonyl (C=O) groups excluding carboxylic acids is 1. The van der Waals surface area contributed by atoms with Gasteiger partial charge in [-0.2, -0.15) is 0 Å². The molecule has 5 nitrogen and oxygen atoms in total. The van der Waals surface area contributed by atoms with Crippen LogP contribution >= 0.6 is 11.6 Å². The number of carbonyl (C=O) groups is 2. The van der Waals surface area contributed by atoms with Crippen molar-refractivity contribution in [2.45, 2.75) is 31.2 Å². The predicted molar refractivity (Wildman–Crippen MR) is 72.4 cm³/mol. The highest BCUT2D eigenvalue weighted by Gasteiger charge is 2.39. The molecule has 1 aliphatic rings. The molecule has 0 saturated heterocycles. The van der Waals surface area contributed by atoms with Crippen molar-refractivity contribution in [3.8, 4) is 0 Å². The number of primary amides is 1. The summed E-state index contributed by atoms with van der Waals surface area (Å²) in [4.78, 5) is 22.4. The number of halogens is 1. The molecule has 1 saturated carbocycles. The maximum Gasteiger partial charge on any atom is 0.305 e. The molecule has 4 N–H and O–H groups in total. The largest absolute Gasteiger partial charge is 0.481 e. The number of amides is 1. The second-order valence-electron chi connectivity index (χ2n) is 4.86. The average Bonchev–Trinajstić information content (AvgIpc) is 2.24. The number of anilines is 1. The van der Waals surface area contributed by atoms with E-state index in [-0.39, 0.29) is 17.0 Å². The van der Waals surface area contributed by atoms with Crippen LogP contribution in [0.15, 0.2) is 18.2 Å². The van der Waals surface area contributed by atoms with Crippen LogP contribution in [0.1, 0.15) is 36.0 Å². The highest BCUT2D eigenvalue weighted by molar-refractivity contribution is 6.34. The van der Waals surface area contributed by atoms with Crippen LogP contribution in [-0.4, -0.2) is 22.5 Å². The topological polar surface area (TPSA) is 92.4 Å². The minimum atomic E-state index is -0.866. The first kappa shape index (κ1) is 13.7. The Hall–Kier alpha value is -1.75. The van der Waals surface area contributed by atoms with Crippen LogP contribution in [0.25, 0.3) is 0 Å². The number of hydrogen-bond donors (Lipinski definition) is 3. The van der Waals surface area contributed by atoms with Gasteiger partial charge in [0.25, 0.3) is 5.91 Å². The zero-order chi connectivity index (χ0) is 14.0. The number of carboxylic acid groups (broad SMARTS) is 1. The van der Waals surface area contributed by atoms with Crippen molar-refractivity contribution in [3.05, 3.63) is 28.8 Å². The van der Waals surface area contributed by atoms with Crippen LogP contribution in [0, 0.1) is 0 Å². The van der Waals surface area contributed by atoms with Gasteiger partial charge in [-0.05, 0) is 31.4 Å². The van der Waals surface area contributed by atoms with Gasteiger partial charge in [0.15, 0.2) is 0 Å². The third-order valence-electron chi connectivity index (χ3n) is 3.46. The van der Waals surface area contributed by atoms with E-state index < -0.39 is 17.4 Å². The van der Waals surface area contributed by atoms with Crippen molar-refractivity contribution in [1.82, 2.24) is 0 Å². The maximum absolute atomic E-state index is 11.4. The second kappa shape index (κ2) is 5.09. The Morgan fingerprint density at radius 2 is 2.11 bits per heavy atom. The first-order valence-corrected chi connectivity index (χ1v) is 6.40. The molecule has 0 heterocycles. The van der Waals surface area contributed by atoms with Crippen molar-refractivity contribution in [2.24, 2.45) is 5.73 Å². The Kier molecular flexibility index (Phi) is 3.66. The van der Waals surface area contributed by atoms with Crippen LogP contribution < -0.4 is 11.1 Å². The number of carboxylic acids is 1. The van der Waals surface area contributed by atoms with Crippen LogP contribution in [0.2, 0.25) is 5.02 Å². The summed E-state index contributed by atoms with van der Waals surface area (Å²) in [5.74, 6) is -1.49. The number of hydrogen-bond acceptors (Lipinski definition) is 3. The molecule has 6 heteroatoms. The van der Waals surface area contributed by atoms with Crippen LogP contribution in [0.4, 0.5) is 5.69 Å². The van der Waals surface area contributed by atoms with E-state index >= 15 is 0 Å². The number of nitrogens with one attached hydrogen (secondary N) is 1. The van der Waals surface area contributed by atoms with E-state index in [1.54, 1.807) is 18.2 Å². The molecule has 0 bridgehead atoms. The Morgan fingerprint density at radius 1 is 1.42 bits per heavy atom. The fourth-order valence-electron chi connectivity index (χ4n) is 2.40. The smallest absolute Gasteiger partial charge is 0.305 e. The molecule has 1 amide bonds. The van der Waals surface area contributed by atoms with Gasteiger partial charge in [0, 0.05) is 11.2 Å². The van der Waals surface area contributed by atoms with Crippen molar-refractivity contribution in [2.75, 3.05) is 5.32 Å². The molecule has 1 aliphatic carbocycles. The molecule has 0 aromatic heterocycles. The van der Waals surface area contributed by atoms with Crippen LogP contribution in [0.3, 0.4) is 0 Å². The van der Waals surface area contributed by atoms with Gasteiger partial charge in [-0.1, -0.05) is 17.7 Å². The second-order valence-corrected chi connectivity index (χ2v) is 5.26. The molecule has 1 aromatic carbocycles. The quantitative estimate of drug-likeness (QED) is 0.772. The summed E-state index contributed by atoms with van der Waals surface area (Å²) in [5, 5.41) is 12.4. The summed E-state index contributed by atoms with van der Waals surface area (Å²) in [6.45, 7) is 0. The molecule has 1 aromatic rings. The van der Waals surface area contributed by atoms with E-state index in [4.69, 9.17) is 22.4 Å². The van der Waals surface area contributed by atoms with Crippen LogP contribution in [-0.2, 0) is 4.79 Å². The third kappa shape index (κ3) is 2.81. The zero-order valence-electron chi connectivity index (χ0n) is 10.3. The van der Waals surface area contributed by atoms with Gasteiger partial charge >= 0.3 is 5.97 Å². The Morgan fingerprint density at radius 3 is 2.58 bits per heavy atom. The molecule has 19 heavy (non-hydrogen) atoms. The number of nitrogens with two attached hydrogens (primary N) is 1. The SMILES string of the molecule is NC(=O)c1c(Cl)cccc1NC1(CC(=O)O)CCC1. The van der Waals surface area contributed by atoms with Crippen molar-refractivity contribution in [3.63, 3.8) is 0 Å². The van der Waals surface area contributed by atoms with Gasteiger partial charge < -0.3 is 16.2 Å². The van der Waals surface area contributed by atoms with Crippen molar-refractivity contribution in [1.29, 1.82) is 0 Å². The Labute approximate surface area is 115 Å². The number of aliphatic carboxylic acids is 1. The minimum absolute atomic E-state index is 0.0116. The lowest BCUT2D eigenvalue weighted by molar-refractivity contribution is -0.138. The summed E-state index contributed by atoms with van der Waals surface area (Å²) >= 11 is 5.96. The molecule has 1 fully saturated rings. The normalized spacial score (nSPS) is 16.5. The van der Waals surface area contributed by atoms with Gasteiger partial charge in [0.05, 0.1) is 17.0 Å². The van der Waals surface area contributed by atoms with E-state index in [0.717, 1.165) is 19.3 Å². The standard InChI is InChI=1S/C13H15ClN2O3/c14-8-3-1-4-9(11(8)12(15)19)16-13(5-2-6-13)7-10(17)18/h1,3-4,16H,2,5-7H2,(H2,15,19)(H,17,18). The molecular weight excluding hydrogens is 268 g/mol. The Balaban J connectivity index is 2.30. The first-order valence-electron chi connectivity index (χ1n) is 6.02. The fourth-order valence-corrected chi connectivity index (χ4v) is 2.67. The van der Waals surface area contributed by atoms with Crippen molar-refractivity contribution < 1.29 is 14.7 Å². The maximum atomic E-state index is 11.4. The first-order chi connectivity index (χ1) is 8.93. The third-order valence-corrected chi connectivity index (χ3v) is 3.78. The van der Waals surface area contributed by atoms with E-state index in [0.29, 0.717) is 5.69 Å². The highest BCUT2D eigenvalue weighted by atomic mass is 35.5. The van der Waals surface area contributed by atoms with Gasteiger partial charge in [-0.15, -0.1) is 0 Å². The summed E-state index contributed by atoms with van der Waals surface area (Å²) in [6, 6.07) is 4.97. The molecule has 0 aliphatic heterocycles. The Bertz CT molecular complexity index is 527. The van der Waals surface area contributed by atoms with Crippen LogP contribution in [0.5, 0.6) is 0 Å². The number of benzene rings is 1. The predicted octanol–water partition coefficient (Wildman–Crippen LogP) is 2.25. The summed E-state index contributed by atoms with van der Waals surface area (Å²) in [7, 11) is 0. The molecular formula is C13H15ClN2O3. The van der Waals surface area contributed by atoms with E-state index in [1.807, 2.05) is 0 Å². The molecule has 2 rings (SSSR count). The highest BCUT2D eigenvalue weighted by Crippen LogP contribution is 2.39. The van der Waals surface area contributed by atoms with Gasteiger partial charge in [-0.3, -0.25) is 9.59 Å². The van der Waals surface area contributed by atoms with Gasteiger partial charge in [0.1, 0.15) is 0 Å². The van der Waals surface area contributed by atoms with E-state index in [2.05, 4.69) is 5.32 Å². The molecule has 0 atom stereocenters. The fraction of sp³-hybridized carbons (Fsp3) is 0.385. The summed E-state index contributed by atoms with van der Waals surface area (Å²) < 4.78 is 0. The summed E-state index contributed by atoms with van der Waals surface area (Å²) in [5.41, 5.74) is 5.53. The van der Waals surface area contributed by atoms with Gasteiger partial charge in [-0.25, -0.2) is 0 Å². The molecule has 102 valence electrons. The van der Waals surface area contributed by atoms with Crippen molar-refractivity contribution >= 4 is 29.2 Å². The molecule has 0 radical (unpaired) electrons. The molecule has 0 unspecified atom stereocenters. The van der Waals surface area contributed by atoms with E-state index in [9.17, 15) is 9.59 Å². The molecule has 0 spiro atoms. The lowest BCUT2D eigenvalue weighted by atomic mass is 9.74. The minimum Gasteiger partial charge on any atom is -0.481 e. The monoisotopic (exact) mass is 282 g/mol. The zero-order valence-corrected chi connectivity index (χ0v) is 11.0. The lowest BCUT2D eigenvalue weighted by Gasteiger charge is -2.42.